The fourth-order valence-corrected chi connectivity index (χ4v) is 1.04. The van der Waals surface area contributed by atoms with E-state index in [1.165, 1.54) is 6.08 Å². The van der Waals surface area contributed by atoms with Crippen LogP contribution in [0, 0.1) is 6.92 Å². The molecule has 14 heavy (non-hydrogen) atoms. The standard InChI is InChI=1S/C11H13NO2/c1-8-3-4-9(10(13)7-8)5-6-11(14)12-2/h3-7,13H,1-2H3,(H,12,14)/b6-5+. The number of hydrogen-bond donors (Lipinski definition) is 2. The molecule has 1 rings (SSSR count). The lowest BCUT2D eigenvalue weighted by Crippen LogP contribution is -2.13. The van der Waals surface area contributed by atoms with Crippen LogP contribution in [0.15, 0.2) is 24.3 Å². The quantitative estimate of drug-likeness (QED) is 0.695. The van der Waals surface area contributed by atoms with Crippen molar-refractivity contribution < 1.29 is 9.90 Å². The summed E-state index contributed by atoms with van der Waals surface area (Å²) in [4.78, 5) is 10.9. The van der Waals surface area contributed by atoms with E-state index in [-0.39, 0.29) is 11.7 Å². The first-order chi connectivity index (χ1) is 6.63. The van der Waals surface area contributed by atoms with Gasteiger partial charge in [0.2, 0.25) is 5.91 Å². The molecule has 2 N–H and O–H groups in total. The Labute approximate surface area is 83.1 Å². The van der Waals surface area contributed by atoms with Gasteiger partial charge in [0, 0.05) is 18.7 Å². The van der Waals surface area contributed by atoms with Crippen LogP contribution in [0.3, 0.4) is 0 Å². The average molecular weight is 191 g/mol. The highest BCUT2D eigenvalue weighted by Crippen LogP contribution is 2.19. The van der Waals surface area contributed by atoms with Crippen molar-refractivity contribution in [2.45, 2.75) is 6.92 Å². The van der Waals surface area contributed by atoms with Crippen LogP contribution in [0.4, 0.5) is 0 Å². The third kappa shape index (κ3) is 2.62. The summed E-state index contributed by atoms with van der Waals surface area (Å²) in [5.41, 5.74) is 1.62. The summed E-state index contributed by atoms with van der Waals surface area (Å²) >= 11 is 0. The molecule has 0 bridgehead atoms. The fourth-order valence-electron chi connectivity index (χ4n) is 1.04. The average Bonchev–Trinajstić information content (AvgIpc) is 2.16. The molecule has 0 radical (unpaired) electrons. The molecule has 0 unspecified atom stereocenters. The Morgan fingerprint density at radius 3 is 2.79 bits per heavy atom. The monoisotopic (exact) mass is 191 g/mol. The summed E-state index contributed by atoms with van der Waals surface area (Å²) in [6, 6.07) is 5.30. The number of nitrogens with one attached hydrogen (secondary N) is 1. The van der Waals surface area contributed by atoms with Crippen molar-refractivity contribution >= 4 is 12.0 Å². The number of aromatic hydroxyl groups is 1. The van der Waals surface area contributed by atoms with Gasteiger partial charge in [0.05, 0.1) is 0 Å². The third-order valence-electron chi connectivity index (χ3n) is 1.85. The molecule has 3 heteroatoms. The first-order valence-electron chi connectivity index (χ1n) is 4.33. The Bertz CT molecular complexity index is 370. The lowest BCUT2D eigenvalue weighted by Gasteiger charge is -1.99. The largest absolute Gasteiger partial charge is 0.507 e. The summed E-state index contributed by atoms with van der Waals surface area (Å²) in [5, 5.41) is 12.0. The molecule has 0 saturated heterocycles. The zero-order chi connectivity index (χ0) is 10.6. The molecule has 3 nitrogen and oxygen atoms in total. The Kier molecular flexibility index (Phi) is 3.29. The van der Waals surface area contributed by atoms with Gasteiger partial charge in [0.25, 0.3) is 0 Å². The van der Waals surface area contributed by atoms with Crippen molar-refractivity contribution in [1.29, 1.82) is 0 Å². The molecule has 0 aromatic heterocycles. The van der Waals surface area contributed by atoms with Gasteiger partial charge >= 0.3 is 0 Å². The SMILES string of the molecule is CNC(=O)/C=C/c1ccc(C)cc1O. The van der Waals surface area contributed by atoms with Crippen molar-refractivity contribution in [1.82, 2.24) is 5.32 Å². The number of benzene rings is 1. The van der Waals surface area contributed by atoms with Gasteiger partial charge in [-0.1, -0.05) is 12.1 Å². The molecule has 1 aromatic carbocycles. The minimum Gasteiger partial charge on any atom is -0.507 e. The minimum absolute atomic E-state index is 0.185. The second-order valence-corrected chi connectivity index (χ2v) is 3.01. The normalized spacial score (nSPS) is 10.4. The summed E-state index contributed by atoms with van der Waals surface area (Å²) in [6.45, 7) is 1.89. The summed E-state index contributed by atoms with van der Waals surface area (Å²) < 4.78 is 0. The van der Waals surface area contributed by atoms with Crippen LogP contribution in [0.5, 0.6) is 5.75 Å². The summed E-state index contributed by atoms with van der Waals surface area (Å²) in [6.07, 6.45) is 2.96. The summed E-state index contributed by atoms with van der Waals surface area (Å²) in [5.74, 6) is -0.00451. The number of likely N-dealkylation sites (N-methyl/N-ethyl adjacent to an activating group) is 1. The molecule has 0 aliphatic carbocycles. The maximum Gasteiger partial charge on any atom is 0.243 e. The van der Waals surface area contributed by atoms with Crippen molar-refractivity contribution in [3.8, 4) is 5.75 Å². The number of amides is 1. The predicted octanol–water partition coefficient (Wildman–Crippen LogP) is 1.46. The molecule has 1 aromatic rings. The molecule has 0 spiro atoms. The van der Waals surface area contributed by atoms with E-state index in [1.54, 1.807) is 25.3 Å². The van der Waals surface area contributed by atoms with Gasteiger partial charge in [-0.15, -0.1) is 0 Å². The first kappa shape index (κ1) is 10.3. The van der Waals surface area contributed by atoms with Gasteiger partial charge < -0.3 is 10.4 Å². The highest BCUT2D eigenvalue weighted by Gasteiger charge is 1.97. The third-order valence-corrected chi connectivity index (χ3v) is 1.85. The van der Waals surface area contributed by atoms with Crippen molar-refractivity contribution in [2.24, 2.45) is 0 Å². The Hall–Kier alpha value is -1.77. The van der Waals surface area contributed by atoms with E-state index in [9.17, 15) is 9.90 Å². The van der Waals surface area contributed by atoms with Gasteiger partial charge in [-0.05, 0) is 24.6 Å². The second kappa shape index (κ2) is 4.46. The topological polar surface area (TPSA) is 49.3 Å². The van der Waals surface area contributed by atoms with Crippen LogP contribution in [-0.2, 0) is 4.79 Å². The van der Waals surface area contributed by atoms with Crippen molar-refractivity contribution in [2.75, 3.05) is 7.05 Å². The molecule has 0 saturated carbocycles. The summed E-state index contributed by atoms with van der Waals surface area (Å²) in [7, 11) is 1.56. The fraction of sp³-hybridized carbons (Fsp3) is 0.182. The van der Waals surface area contributed by atoms with Gasteiger partial charge in [0.1, 0.15) is 5.75 Å². The number of phenols is 1. The van der Waals surface area contributed by atoms with Crippen LogP contribution < -0.4 is 5.32 Å². The maximum absolute atomic E-state index is 10.9. The lowest BCUT2D eigenvalue weighted by atomic mass is 10.1. The van der Waals surface area contributed by atoms with Crippen LogP contribution in [0.25, 0.3) is 6.08 Å². The van der Waals surface area contributed by atoms with Gasteiger partial charge in [-0.3, -0.25) is 4.79 Å². The molecule has 1 amide bonds. The minimum atomic E-state index is -0.190. The van der Waals surface area contributed by atoms with Crippen molar-refractivity contribution in [3.05, 3.63) is 35.4 Å². The highest BCUT2D eigenvalue weighted by molar-refractivity contribution is 5.91. The van der Waals surface area contributed by atoms with Crippen LogP contribution in [0.2, 0.25) is 0 Å². The first-order valence-corrected chi connectivity index (χ1v) is 4.33. The Morgan fingerprint density at radius 2 is 2.21 bits per heavy atom. The number of hydrogen-bond acceptors (Lipinski definition) is 2. The molecule has 74 valence electrons. The van der Waals surface area contributed by atoms with Crippen LogP contribution in [0.1, 0.15) is 11.1 Å². The van der Waals surface area contributed by atoms with Crippen LogP contribution in [-0.4, -0.2) is 18.1 Å². The van der Waals surface area contributed by atoms with Gasteiger partial charge in [0.15, 0.2) is 0 Å². The predicted molar refractivity (Wildman–Crippen MR) is 55.9 cm³/mol. The number of aryl methyl sites for hydroxylation is 1. The van der Waals surface area contributed by atoms with E-state index in [1.807, 2.05) is 13.0 Å². The molecule has 0 atom stereocenters. The number of carbonyl (C=O) groups excluding carboxylic acids is 1. The zero-order valence-corrected chi connectivity index (χ0v) is 8.24. The lowest BCUT2D eigenvalue weighted by molar-refractivity contribution is -0.115. The number of rotatable bonds is 2. The molecule has 0 heterocycles. The molecule has 0 fully saturated rings. The molecule has 0 aliphatic heterocycles. The number of phenolic OH excluding ortho intramolecular Hbond substituents is 1. The van der Waals surface area contributed by atoms with Gasteiger partial charge in [-0.2, -0.15) is 0 Å². The van der Waals surface area contributed by atoms with E-state index in [0.717, 1.165) is 5.56 Å². The van der Waals surface area contributed by atoms with E-state index < -0.39 is 0 Å². The van der Waals surface area contributed by atoms with Gasteiger partial charge in [-0.25, -0.2) is 0 Å². The molecular weight excluding hydrogens is 178 g/mol. The smallest absolute Gasteiger partial charge is 0.243 e. The zero-order valence-electron chi connectivity index (χ0n) is 8.24. The van der Waals surface area contributed by atoms with E-state index >= 15 is 0 Å². The second-order valence-electron chi connectivity index (χ2n) is 3.01. The van der Waals surface area contributed by atoms with E-state index in [4.69, 9.17) is 0 Å². The Morgan fingerprint density at radius 1 is 1.50 bits per heavy atom. The Balaban J connectivity index is 2.87. The van der Waals surface area contributed by atoms with Crippen molar-refractivity contribution in [3.63, 3.8) is 0 Å². The van der Waals surface area contributed by atoms with E-state index in [2.05, 4.69) is 5.32 Å². The molecule has 0 aliphatic rings. The van der Waals surface area contributed by atoms with E-state index in [0.29, 0.717) is 5.56 Å². The van der Waals surface area contributed by atoms with Crippen LogP contribution >= 0.6 is 0 Å². The highest BCUT2D eigenvalue weighted by atomic mass is 16.3. The molecular formula is C11H13NO2. The maximum atomic E-state index is 10.9. The number of carbonyl (C=O) groups is 1.